The molecule has 0 radical (unpaired) electrons. The average Bonchev–Trinajstić information content (AvgIpc) is 2.42. The van der Waals surface area contributed by atoms with E-state index in [1.807, 2.05) is 18.2 Å². The summed E-state index contributed by atoms with van der Waals surface area (Å²) in [6.45, 7) is 1.65. The number of nitrogens with one attached hydrogen (secondary N) is 1. The molecule has 0 aliphatic carbocycles. The first-order valence-corrected chi connectivity index (χ1v) is 5.84. The van der Waals surface area contributed by atoms with Crippen LogP contribution in [0.3, 0.4) is 0 Å². The minimum Gasteiger partial charge on any atom is -0.476 e. The Hall–Kier alpha value is -1.94. The highest BCUT2D eigenvalue weighted by atomic mass is 19.1. The summed E-state index contributed by atoms with van der Waals surface area (Å²) in [6, 6.07) is 12.2. The van der Waals surface area contributed by atoms with Crippen molar-refractivity contribution >= 4 is 0 Å². The first-order valence-electron chi connectivity index (χ1n) is 5.84. The Kier molecular flexibility index (Phi) is 4.67. The molecule has 1 N–H and O–H groups in total. The molecule has 4 heteroatoms. The van der Waals surface area contributed by atoms with Gasteiger partial charge in [-0.25, -0.2) is 9.37 Å². The molecule has 0 fully saturated rings. The van der Waals surface area contributed by atoms with E-state index in [4.69, 9.17) is 4.74 Å². The van der Waals surface area contributed by atoms with Gasteiger partial charge in [-0.05, 0) is 12.1 Å². The largest absolute Gasteiger partial charge is 0.476 e. The van der Waals surface area contributed by atoms with Crippen molar-refractivity contribution in [3.8, 4) is 5.88 Å². The smallest absolute Gasteiger partial charge is 0.213 e. The van der Waals surface area contributed by atoms with Crippen LogP contribution in [0, 0.1) is 5.82 Å². The molecule has 0 bridgehead atoms. The molecule has 0 amide bonds. The van der Waals surface area contributed by atoms with Crippen molar-refractivity contribution in [2.24, 2.45) is 0 Å². The summed E-state index contributed by atoms with van der Waals surface area (Å²) in [7, 11) is 0. The van der Waals surface area contributed by atoms with E-state index in [1.54, 1.807) is 24.4 Å². The summed E-state index contributed by atoms with van der Waals surface area (Å²) in [5.74, 6) is 0.417. The average molecular weight is 246 g/mol. The highest BCUT2D eigenvalue weighted by molar-refractivity contribution is 5.16. The fraction of sp³-hybridized carbons (Fsp3) is 0.214. The van der Waals surface area contributed by atoms with E-state index < -0.39 is 0 Å². The van der Waals surface area contributed by atoms with Gasteiger partial charge >= 0.3 is 0 Å². The van der Waals surface area contributed by atoms with Gasteiger partial charge in [-0.2, -0.15) is 0 Å². The Bertz CT molecular complexity index is 476. The minimum absolute atomic E-state index is 0.185. The molecule has 0 saturated carbocycles. The Morgan fingerprint density at radius 2 is 1.94 bits per heavy atom. The molecule has 2 rings (SSSR count). The molecule has 0 spiro atoms. The van der Waals surface area contributed by atoms with E-state index in [-0.39, 0.29) is 5.82 Å². The number of halogens is 1. The van der Waals surface area contributed by atoms with Gasteiger partial charge < -0.3 is 10.1 Å². The summed E-state index contributed by atoms with van der Waals surface area (Å²) < 4.78 is 18.7. The molecular formula is C14H15FN2O. The van der Waals surface area contributed by atoms with Crippen LogP contribution in [0.2, 0.25) is 0 Å². The third-order valence-corrected chi connectivity index (χ3v) is 2.44. The molecule has 1 aromatic carbocycles. The highest BCUT2D eigenvalue weighted by Crippen LogP contribution is 2.05. The van der Waals surface area contributed by atoms with Crippen LogP contribution >= 0.6 is 0 Å². The summed E-state index contributed by atoms with van der Waals surface area (Å²) in [5.41, 5.74) is 0.662. The molecule has 94 valence electrons. The van der Waals surface area contributed by atoms with E-state index >= 15 is 0 Å². The SMILES string of the molecule is Fc1ccccc1CNCCOc1ccccn1. The topological polar surface area (TPSA) is 34.1 Å². The van der Waals surface area contributed by atoms with Crippen LogP contribution in [0.5, 0.6) is 5.88 Å². The predicted molar refractivity (Wildman–Crippen MR) is 67.8 cm³/mol. The van der Waals surface area contributed by atoms with Gasteiger partial charge in [0.05, 0.1) is 0 Å². The molecular weight excluding hydrogens is 231 g/mol. The summed E-state index contributed by atoms with van der Waals surface area (Å²) in [4.78, 5) is 4.04. The fourth-order valence-corrected chi connectivity index (χ4v) is 1.53. The lowest BCUT2D eigenvalue weighted by molar-refractivity contribution is 0.302. The number of benzene rings is 1. The molecule has 0 atom stereocenters. The van der Waals surface area contributed by atoms with Gasteiger partial charge in [-0.3, -0.25) is 0 Å². The second-order valence-electron chi connectivity index (χ2n) is 3.78. The number of hydrogen-bond donors (Lipinski definition) is 1. The lowest BCUT2D eigenvalue weighted by atomic mass is 10.2. The van der Waals surface area contributed by atoms with Crippen molar-refractivity contribution < 1.29 is 9.13 Å². The van der Waals surface area contributed by atoms with E-state index in [9.17, 15) is 4.39 Å². The zero-order valence-corrected chi connectivity index (χ0v) is 9.97. The van der Waals surface area contributed by atoms with Gasteiger partial charge in [0.2, 0.25) is 5.88 Å². The number of rotatable bonds is 6. The Labute approximate surface area is 106 Å². The maximum atomic E-state index is 13.3. The number of aromatic nitrogens is 1. The Morgan fingerprint density at radius 3 is 2.72 bits per heavy atom. The number of nitrogens with zero attached hydrogens (tertiary/aromatic N) is 1. The molecule has 1 heterocycles. The van der Waals surface area contributed by atoms with E-state index in [1.165, 1.54) is 6.07 Å². The van der Waals surface area contributed by atoms with Crippen molar-refractivity contribution in [3.63, 3.8) is 0 Å². The number of hydrogen-bond acceptors (Lipinski definition) is 3. The van der Waals surface area contributed by atoms with Gasteiger partial charge in [-0.15, -0.1) is 0 Å². The van der Waals surface area contributed by atoms with E-state index in [0.29, 0.717) is 31.1 Å². The summed E-state index contributed by atoms with van der Waals surface area (Å²) in [5, 5.41) is 3.12. The normalized spacial score (nSPS) is 10.3. The molecule has 18 heavy (non-hydrogen) atoms. The van der Waals surface area contributed by atoms with Gasteiger partial charge in [0, 0.05) is 30.9 Å². The highest BCUT2D eigenvalue weighted by Gasteiger charge is 1.99. The minimum atomic E-state index is -0.185. The lowest BCUT2D eigenvalue weighted by Crippen LogP contribution is -2.21. The number of pyridine rings is 1. The molecule has 0 unspecified atom stereocenters. The van der Waals surface area contributed by atoms with Gasteiger partial charge in [0.1, 0.15) is 12.4 Å². The van der Waals surface area contributed by atoms with Crippen LogP contribution in [0.1, 0.15) is 5.56 Å². The third-order valence-electron chi connectivity index (χ3n) is 2.44. The van der Waals surface area contributed by atoms with Gasteiger partial charge in [0.15, 0.2) is 0 Å². The second-order valence-corrected chi connectivity index (χ2v) is 3.78. The zero-order valence-electron chi connectivity index (χ0n) is 9.97. The van der Waals surface area contributed by atoms with Crippen molar-refractivity contribution in [3.05, 3.63) is 60.0 Å². The predicted octanol–water partition coefficient (Wildman–Crippen LogP) is 2.39. The van der Waals surface area contributed by atoms with Crippen LogP contribution in [0.4, 0.5) is 4.39 Å². The van der Waals surface area contributed by atoms with Gasteiger partial charge in [0.25, 0.3) is 0 Å². The van der Waals surface area contributed by atoms with Crippen molar-refractivity contribution in [1.29, 1.82) is 0 Å². The van der Waals surface area contributed by atoms with Crippen molar-refractivity contribution in [1.82, 2.24) is 10.3 Å². The lowest BCUT2D eigenvalue weighted by Gasteiger charge is -2.07. The Balaban J connectivity index is 1.66. The van der Waals surface area contributed by atoms with Crippen molar-refractivity contribution in [2.75, 3.05) is 13.2 Å². The maximum absolute atomic E-state index is 13.3. The van der Waals surface area contributed by atoms with Crippen LogP contribution in [0.15, 0.2) is 48.7 Å². The van der Waals surface area contributed by atoms with Crippen LogP contribution in [-0.2, 0) is 6.54 Å². The fourth-order valence-electron chi connectivity index (χ4n) is 1.53. The molecule has 2 aromatic rings. The van der Waals surface area contributed by atoms with Crippen molar-refractivity contribution in [2.45, 2.75) is 6.54 Å². The van der Waals surface area contributed by atoms with E-state index in [2.05, 4.69) is 10.3 Å². The molecule has 0 aliphatic heterocycles. The van der Waals surface area contributed by atoms with E-state index in [0.717, 1.165) is 0 Å². The van der Waals surface area contributed by atoms with Crippen LogP contribution in [-0.4, -0.2) is 18.1 Å². The molecule has 0 aliphatic rings. The molecule has 0 saturated heterocycles. The standard InChI is InChI=1S/C14H15FN2O/c15-13-6-2-1-5-12(13)11-16-9-10-18-14-7-3-4-8-17-14/h1-8,16H,9-11H2. The molecule has 1 aromatic heterocycles. The number of ether oxygens (including phenoxy) is 1. The summed E-state index contributed by atoms with van der Waals surface area (Å²) >= 11 is 0. The zero-order chi connectivity index (χ0) is 12.6. The summed E-state index contributed by atoms with van der Waals surface area (Å²) in [6.07, 6.45) is 1.68. The third kappa shape index (κ3) is 3.82. The first-order chi connectivity index (χ1) is 8.86. The van der Waals surface area contributed by atoms with Gasteiger partial charge in [-0.1, -0.05) is 24.3 Å². The van der Waals surface area contributed by atoms with Crippen LogP contribution < -0.4 is 10.1 Å². The monoisotopic (exact) mass is 246 g/mol. The van der Waals surface area contributed by atoms with Crippen LogP contribution in [0.25, 0.3) is 0 Å². The Morgan fingerprint density at radius 1 is 1.11 bits per heavy atom. The molecule has 3 nitrogen and oxygen atoms in total. The quantitative estimate of drug-likeness (QED) is 0.795. The second kappa shape index (κ2) is 6.71. The first kappa shape index (κ1) is 12.5. The maximum Gasteiger partial charge on any atom is 0.213 e.